The number of nitrogens with zero attached hydrogens (tertiary/aromatic N) is 4. The van der Waals surface area contributed by atoms with Crippen LogP contribution in [-0.2, 0) is 11.3 Å². The van der Waals surface area contributed by atoms with E-state index in [1.54, 1.807) is 22.6 Å². The highest BCUT2D eigenvalue weighted by Gasteiger charge is 2.46. The van der Waals surface area contributed by atoms with Crippen LogP contribution in [0.2, 0.25) is 0 Å². The molecular formula is C25H25F4N5O2. The Balaban J connectivity index is 1.28. The van der Waals surface area contributed by atoms with Gasteiger partial charge in [0.25, 0.3) is 5.92 Å². The molecule has 0 saturated carbocycles. The number of pyridine rings is 1. The smallest absolute Gasteiger partial charge is 0.257 e. The number of piperidine rings is 1. The number of anilines is 1. The van der Waals surface area contributed by atoms with Gasteiger partial charge in [-0.2, -0.15) is 9.83 Å². The highest BCUT2D eigenvalue weighted by atomic mass is 19.3. The van der Waals surface area contributed by atoms with Gasteiger partial charge in [0.1, 0.15) is 11.6 Å². The van der Waals surface area contributed by atoms with Gasteiger partial charge >= 0.3 is 0 Å². The first kappa shape index (κ1) is 24.2. The fourth-order valence-electron chi connectivity index (χ4n) is 5.15. The maximum absolute atomic E-state index is 14.7. The average molecular weight is 504 g/mol. The molecule has 1 N–H and O–H groups in total. The lowest BCUT2D eigenvalue weighted by molar-refractivity contribution is -0.605. The van der Waals surface area contributed by atoms with Gasteiger partial charge in [0, 0.05) is 61.9 Å². The van der Waals surface area contributed by atoms with Gasteiger partial charge in [-0.05, 0) is 36.6 Å². The standard InChI is InChI=1S/C25H25F4N5O2/c1-15(32-9-5-25(28,29)21(14-32)16-2-6-33(36)7-3-16)24(35)30-23-13-22-20(4-8-34(22)31-23)17-10-18(26)12-19(27)11-17/h2-3,6-7,10-13,15,20-21H,4-5,8-9,14H2,1H3,(H,30,31,35)/t15-,20-,21+/m0/s1. The lowest BCUT2D eigenvalue weighted by Crippen LogP contribution is -2.52. The Kier molecular flexibility index (Phi) is 6.19. The second kappa shape index (κ2) is 9.20. The number of aryl methyl sites for hydroxylation is 1. The number of aromatic nitrogens is 3. The molecule has 1 amide bonds. The van der Waals surface area contributed by atoms with E-state index in [0.29, 0.717) is 34.6 Å². The highest BCUT2D eigenvalue weighted by molar-refractivity contribution is 5.93. The second-order valence-electron chi connectivity index (χ2n) is 9.44. The molecule has 0 aliphatic carbocycles. The Morgan fingerprint density at radius 1 is 1.14 bits per heavy atom. The molecular weight excluding hydrogens is 478 g/mol. The summed E-state index contributed by atoms with van der Waals surface area (Å²) in [5, 5.41) is 18.5. The molecule has 11 heteroatoms. The molecule has 0 spiro atoms. The van der Waals surface area contributed by atoms with Gasteiger partial charge in [0.2, 0.25) is 5.91 Å². The fourth-order valence-corrected chi connectivity index (χ4v) is 5.15. The number of nitrogens with one attached hydrogen (secondary N) is 1. The first-order valence-electron chi connectivity index (χ1n) is 11.8. The van der Waals surface area contributed by atoms with E-state index in [4.69, 9.17) is 0 Å². The molecule has 1 fully saturated rings. The van der Waals surface area contributed by atoms with Gasteiger partial charge in [-0.25, -0.2) is 17.6 Å². The lowest BCUT2D eigenvalue weighted by Gasteiger charge is -2.40. The zero-order chi connectivity index (χ0) is 25.6. The van der Waals surface area contributed by atoms with E-state index in [0.717, 1.165) is 11.8 Å². The van der Waals surface area contributed by atoms with Gasteiger partial charge < -0.3 is 10.5 Å². The van der Waals surface area contributed by atoms with Crippen molar-refractivity contribution in [2.24, 2.45) is 0 Å². The Hall–Kier alpha value is -3.47. The van der Waals surface area contributed by atoms with Crippen LogP contribution in [0.5, 0.6) is 0 Å². The van der Waals surface area contributed by atoms with Gasteiger partial charge in [0.15, 0.2) is 18.2 Å². The maximum Gasteiger partial charge on any atom is 0.257 e. The minimum atomic E-state index is -2.96. The summed E-state index contributed by atoms with van der Waals surface area (Å²) in [5.41, 5.74) is 1.58. The van der Waals surface area contributed by atoms with Crippen molar-refractivity contribution in [2.45, 2.75) is 50.1 Å². The van der Waals surface area contributed by atoms with E-state index < -0.39 is 41.8 Å². The third kappa shape index (κ3) is 4.67. The topological polar surface area (TPSA) is 77.1 Å². The summed E-state index contributed by atoms with van der Waals surface area (Å²) in [6, 6.07) is 7.15. The number of fused-ring (bicyclic) bond motifs is 1. The molecule has 0 bridgehead atoms. The van der Waals surface area contributed by atoms with E-state index in [2.05, 4.69) is 10.4 Å². The Morgan fingerprint density at radius 3 is 2.53 bits per heavy atom. The quantitative estimate of drug-likeness (QED) is 0.327. The number of halogens is 4. The molecule has 36 heavy (non-hydrogen) atoms. The number of alkyl halides is 2. The van der Waals surface area contributed by atoms with E-state index in [1.807, 2.05) is 0 Å². The van der Waals surface area contributed by atoms with Crippen LogP contribution in [0.3, 0.4) is 0 Å². The van der Waals surface area contributed by atoms with Crippen molar-refractivity contribution in [1.82, 2.24) is 14.7 Å². The van der Waals surface area contributed by atoms with Crippen LogP contribution in [0.15, 0.2) is 48.8 Å². The van der Waals surface area contributed by atoms with Crippen molar-refractivity contribution < 1.29 is 27.1 Å². The van der Waals surface area contributed by atoms with Gasteiger partial charge in [-0.3, -0.25) is 14.4 Å². The normalized spacial score (nSPS) is 22.2. The Morgan fingerprint density at radius 2 is 1.83 bits per heavy atom. The lowest BCUT2D eigenvalue weighted by atomic mass is 9.87. The number of carbonyl (C=O) groups excluding carboxylic acids is 1. The van der Waals surface area contributed by atoms with Crippen LogP contribution >= 0.6 is 0 Å². The molecule has 2 aliphatic heterocycles. The third-order valence-corrected chi connectivity index (χ3v) is 7.15. The van der Waals surface area contributed by atoms with Gasteiger partial charge in [-0.15, -0.1) is 0 Å². The number of hydrogen-bond donors (Lipinski definition) is 1. The van der Waals surface area contributed by atoms with Crippen molar-refractivity contribution in [3.63, 3.8) is 0 Å². The van der Waals surface area contributed by atoms with E-state index in [1.165, 1.54) is 36.7 Å². The zero-order valence-corrected chi connectivity index (χ0v) is 19.5. The van der Waals surface area contributed by atoms with E-state index in [-0.39, 0.29) is 19.0 Å². The molecule has 1 aromatic carbocycles. The summed E-state index contributed by atoms with van der Waals surface area (Å²) >= 11 is 0. The van der Waals surface area contributed by atoms with Crippen molar-refractivity contribution >= 4 is 11.7 Å². The Labute approximate surface area is 204 Å². The van der Waals surface area contributed by atoms with E-state index >= 15 is 0 Å². The third-order valence-electron chi connectivity index (χ3n) is 7.15. The van der Waals surface area contributed by atoms with Crippen LogP contribution in [0.4, 0.5) is 23.4 Å². The Bertz CT molecular complexity index is 1260. The van der Waals surface area contributed by atoms with Gasteiger partial charge in [0.05, 0.1) is 12.0 Å². The molecule has 5 rings (SSSR count). The molecule has 7 nitrogen and oxygen atoms in total. The molecule has 3 aromatic rings. The summed E-state index contributed by atoms with van der Waals surface area (Å²) in [6.45, 7) is 2.18. The predicted molar refractivity (Wildman–Crippen MR) is 122 cm³/mol. The van der Waals surface area contributed by atoms with Crippen LogP contribution in [0.1, 0.15) is 48.4 Å². The monoisotopic (exact) mass is 503 g/mol. The van der Waals surface area contributed by atoms with Gasteiger partial charge in [-0.1, -0.05) is 0 Å². The summed E-state index contributed by atoms with van der Waals surface area (Å²) in [7, 11) is 0. The van der Waals surface area contributed by atoms with Crippen molar-refractivity contribution in [3.05, 3.63) is 82.5 Å². The minimum absolute atomic E-state index is 0.0410. The summed E-state index contributed by atoms with van der Waals surface area (Å²) in [5.74, 6) is -5.77. The number of benzene rings is 1. The van der Waals surface area contributed by atoms with Crippen molar-refractivity contribution in [3.8, 4) is 0 Å². The van der Waals surface area contributed by atoms with Crippen molar-refractivity contribution in [1.29, 1.82) is 0 Å². The number of likely N-dealkylation sites (tertiary alicyclic amines) is 1. The van der Waals surface area contributed by atoms with Crippen LogP contribution in [-0.4, -0.2) is 45.6 Å². The predicted octanol–water partition coefficient (Wildman–Crippen LogP) is 3.78. The van der Waals surface area contributed by atoms with Crippen molar-refractivity contribution in [2.75, 3.05) is 18.4 Å². The average Bonchev–Trinajstić information content (AvgIpc) is 3.39. The molecule has 190 valence electrons. The maximum atomic E-state index is 14.7. The molecule has 4 heterocycles. The summed E-state index contributed by atoms with van der Waals surface area (Å²) < 4.78 is 59.0. The number of hydrogen-bond acceptors (Lipinski definition) is 4. The SMILES string of the molecule is C[C@@H](C(=O)Nc1cc2n(n1)CC[C@H]2c1cc(F)cc(F)c1)N1CCC(F)(F)[C@@H](c2cc[n+]([O-])cc2)C1. The van der Waals surface area contributed by atoms with Crippen LogP contribution in [0.25, 0.3) is 0 Å². The first-order chi connectivity index (χ1) is 17.1. The molecule has 0 unspecified atom stereocenters. The van der Waals surface area contributed by atoms with Crippen LogP contribution in [0, 0.1) is 16.8 Å². The van der Waals surface area contributed by atoms with Crippen LogP contribution < -0.4 is 10.0 Å². The zero-order valence-electron chi connectivity index (χ0n) is 19.5. The number of rotatable bonds is 5. The number of amides is 1. The number of carbonyl (C=O) groups is 1. The van der Waals surface area contributed by atoms with E-state index in [9.17, 15) is 27.6 Å². The highest BCUT2D eigenvalue weighted by Crippen LogP contribution is 2.41. The molecule has 0 radical (unpaired) electrons. The fraction of sp³-hybridized carbons (Fsp3) is 0.400. The second-order valence-corrected chi connectivity index (χ2v) is 9.44. The molecule has 2 aliphatic rings. The minimum Gasteiger partial charge on any atom is -0.619 e. The summed E-state index contributed by atoms with van der Waals surface area (Å²) in [6.07, 6.45) is 2.59. The molecule has 1 saturated heterocycles. The first-order valence-corrected chi connectivity index (χ1v) is 11.8. The summed E-state index contributed by atoms with van der Waals surface area (Å²) in [4.78, 5) is 14.7. The largest absolute Gasteiger partial charge is 0.619 e. The molecule has 2 aromatic heterocycles. The molecule has 3 atom stereocenters.